The molecule has 1 aliphatic carbocycles. The zero-order chi connectivity index (χ0) is 14.0. The molecule has 0 bridgehead atoms. The highest BCUT2D eigenvalue weighted by atomic mass is 127. The van der Waals surface area contributed by atoms with E-state index in [0.717, 1.165) is 12.2 Å². The summed E-state index contributed by atoms with van der Waals surface area (Å²) in [6, 6.07) is 7.91. The number of halogens is 1. The van der Waals surface area contributed by atoms with Crippen molar-refractivity contribution >= 4 is 28.7 Å². The van der Waals surface area contributed by atoms with Crippen LogP contribution in [0.1, 0.15) is 27.2 Å². The summed E-state index contributed by atoms with van der Waals surface area (Å²) in [6.45, 7) is 5.54. The van der Waals surface area contributed by atoms with Gasteiger partial charge in [0.05, 0.1) is 6.04 Å². The van der Waals surface area contributed by atoms with Crippen molar-refractivity contribution in [3.8, 4) is 5.75 Å². The van der Waals surface area contributed by atoms with Gasteiger partial charge in [-0.25, -0.2) is 4.79 Å². The zero-order valence-electron chi connectivity index (χ0n) is 11.3. The monoisotopic (exact) mass is 375 g/mol. The van der Waals surface area contributed by atoms with Crippen LogP contribution in [0.15, 0.2) is 24.3 Å². The highest BCUT2D eigenvalue weighted by Crippen LogP contribution is 2.28. The summed E-state index contributed by atoms with van der Waals surface area (Å²) in [5.41, 5.74) is -0.467. The van der Waals surface area contributed by atoms with Crippen molar-refractivity contribution in [3.63, 3.8) is 0 Å². The van der Waals surface area contributed by atoms with Crippen molar-refractivity contribution in [2.45, 2.75) is 44.9 Å². The fraction of sp³-hybridized carbons (Fsp3) is 0.500. The molecular weight excluding hydrogens is 357 g/mol. The number of benzene rings is 1. The first kappa shape index (κ1) is 14.4. The van der Waals surface area contributed by atoms with Crippen LogP contribution in [0.4, 0.5) is 4.79 Å². The Morgan fingerprint density at radius 3 is 2.53 bits per heavy atom. The highest BCUT2D eigenvalue weighted by Gasteiger charge is 2.41. The third-order valence-corrected chi connectivity index (χ3v) is 3.25. The predicted octanol–water partition coefficient (Wildman–Crippen LogP) is 3.34. The van der Waals surface area contributed by atoms with Crippen LogP contribution in [0.5, 0.6) is 5.75 Å². The number of ether oxygens (including phenoxy) is 2. The smallest absolute Gasteiger partial charge is 0.408 e. The number of rotatable bonds is 3. The Kier molecular flexibility index (Phi) is 4.23. The van der Waals surface area contributed by atoms with Gasteiger partial charge in [-0.05, 0) is 67.6 Å². The second kappa shape index (κ2) is 5.56. The normalized spacial score (nSPS) is 21.7. The van der Waals surface area contributed by atoms with Gasteiger partial charge in [-0.1, -0.05) is 0 Å². The fourth-order valence-corrected chi connectivity index (χ4v) is 1.96. The molecule has 1 aromatic carbocycles. The van der Waals surface area contributed by atoms with Crippen molar-refractivity contribution in [2.24, 2.45) is 0 Å². The van der Waals surface area contributed by atoms with Gasteiger partial charge >= 0.3 is 6.09 Å². The molecule has 4 nitrogen and oxygen atoms in total. The van der Waals surface area contributed by atoms with Crippen LogP contribution >= 0.6 is 22.6 Å². The topological polar surface area (TPSA) is 47.6 Å². The Morgan fingerprint density at radius 2 is 1.95 bits per heavy atom. The minimum Gasteiger partial charge on any atom is -0.488 e. The van der Waals surface area contributed by atoms with E-state index in [4.69, 9.17) is 9.47 Å². The second-order valence-corrected chi connectivity index (χ2v) is 6.84. The number of hydrogen-bond acceptors (Lipinski definition) is 3. The Hall–Kier alpha value is -0.980. The van der Waals surface area contributed by atoms with Crippen LogP contribution in [-0.4, -0.2) is 23.8 Å². The second-order valence-electron chi connectivity index (χ2n) is 5.60. The molecule has 0 saturated heterocycles. The molecule has 1 saturated carbocycles. The Morgan fingerprint density at radius 1 is 1.32 bits per heavy atom. The SMILES string of the molecule is CC(C)(C)OC(=O)NC1CC1Oc1ccc(I)cc1. The molecule has 5 heteroatoms. The van der Waals surface area contributed by atoms with E-state index in [1.807, 2.05) is 45.0 Å². The molecule has 0 heterocycles. The van der Waals surface area contributed by atoms with Crippen LogP contribution < -0.4 is 10.1 Å². The number of nitrogens with one attached hydrogen (secondary N) is 1. The highest BCUT2D eigenvalue weighted by molar-refractivity contribution is 14.1. The molecule has 1 fully saturated rings. The Labute approximate surface area is 127 Å². The van der Waals surface area contributed by atoms with Gasteiger partial charge in [0.2, 0.25) is 0 Å². The van der Waals surface area contributed by atoms with Gasteiger partial charge in [-0.15, -0.1) is 0 Å². The number of hydrogen-bond donors (Lipinski definition) is 1. The molecule has 104 valence electrons. The molecule has 2 unspecified atom stereocenters. The van der Waals surface area contributed by atoms with Crippen molar-refractivity contribution in [2.75, 3.05) is 0 Å². The van der Waals surface area contributed by atoms with E-state index in [1.54, 1.807) is 0 Å². The minimum atomic E-state index is -0.467. The molecule has 2 rings (SSSR count). The van der Waals surface area contributed by atoms with Crippen LogP contribution in [0.25, 0.3) is 0 Å². The maximum Gasteiger partial charge on any atom is 0.408 e. The predicted molar refractivity (Wildman–Crippen MR) is 81.3 cm³/mol. The van der Waals surface area contributed by atoms with Crippen molar-refractivity contribution < 1.29 is 14.3 Å². The van der Waals surface area contributed by atoms with E-state index in [0.29, 0.717) is 0 Å². The minimum absolute atomic E-state index is 0.0487. The maximum atomic E-state index is 11.6. The van der Waals surface area contributed by atoms with Crippen LogP contribution in [0.2, 0.25) is 0 Å². The van der Waals surface area contributed by atoms with Gasteiger partial charge in [0.25, 0.3) is 0 Å². The van der Waals surface area contributed by atoms with E-state index in [2.05, 4.69) is 27.9 Å². The van der Waals surface area contributed by atoms with E-state index < -0.39 is 5.60 Å². The first-order valence-corrected chi connectivity index (χ1v) is 7.33. The molecule has 0 aromatic heterocycles. The van der Waals surface area contributed by atoms with Crippen LogP contribution in [-0.2, 0) is 4.74 Å². The van der Waals surface area contributed by atoms with Crippen LogP contribution in [0, 0.1) is 3.57 Å². The molecule has 1 aromatic rings. The summed E-state index contributed by atoms with van der Waals surface area (Å²) < 4.78 is 12.1. The number of amides is 1. The number of carbonyl (C=O) groups excluding carboxylic acids is 1. The molecule has 19 heavy (non-hydrogen) atoms. The number of carbonyl (C=O) groups is 1. The Bertz CT molecular complexity index is 453. The largest absolute Gasteiger partial charge is 0.488 e. The van der Waals surface area contributed by atoms with Crippen LogP contribution in [0.3, 0.4) is 0 Å². The van der Waals surface area contributed by atoms with E-state index in [-0.39, 0.29) is 18.2 Å². The third kappa shape index (κ3) is 4.89. The third-order valence-electron chi connectivity index (χ3n) is 2.54. The van der Waals surface area contributed by atoms with E-state index in [1.165, 1.54) is 3.57 Å². The van der Waals surface area contributed by atoms with Gasteiger partial charge in [-0.2, -0.15) is 0 Å². The summed E-state index contributed by atoms with van der Waals surface area (Å²) >= 11 is 2.25. The van der Waals surface area contributed by atoms with Crippen molar-refractivity contribution in [1.82, 2.24) is 5.32 Å². The lowest BCUT2D eigenvalue weighted by Gasteiger charge is -2.19. The van der Waals surface area contributed by atoms with Gasteiger partial charge in [0, 0.05) is 9.99 Å². The molecular formula is C14H18INO3. The maximum absolute atomic E-state index is 11.6. The standard InChI is InChI=1S/C14H18INO3/c1-14(2,3)19-13(17)16-11-8-12(11)18-10-6-4-9(15)5-7-10/h4-7,11-12H,8H2,1-3H3,(H,16,17). The van der Waals surface area contributed by atoms with E-state index >= 15 is 0 Å². The van der Waals surface area contributed by atoms with Gasteiger partial charge in [-0.3, -0.25) is 0 Å². The molecule has 1 N–H and O–H groups in total. The van der Waals surface area contributed by atoms with Gasteiger partial charge in [0.15, 0.2) is 0 Å². The first-order valence-electron chi connectivity index (χ1n) is 6.25. The summed E-state index contributed by atoms with van der Waals surface area (Å²) in [5.74, 6) is 0.832. The molecule has 1 aliphatic rings. The summed E-state index contributed by atoms with van der Waals surface area (Å²) in [6.07, 6.45) is 0.490. The lowest BCUT2D eigenvalue weighted by Crippen LogP contribution is -2.35. The Balaban J connectivity index is 1.76. The summed E-state index contributed by atoms with van der Waals surface area (Å²) in [7, 11) is 0. The van der Waals surface area contributed by atoms with E-state index in [9.17, 15) is 4.79 Å². The first-order chi connectivity index (χ1) is 8.83. The van der Waals surface area contributed by atoms with Gasteiger partial charge in [0.1, 0.15) is 17.5 Å². The fourth-order valence-electron chi connectivity index (χ4n) is 1.60. The average molecular weight is 375 g/mol. The van der Waals surface area contributed by atoms with Crippen molar-refractivity contribution in [3.05, 3.63) is 27.8 Å². The molecule has 0 aliphatic heterocycles. The lowest BCUT2D eigenvalue weighted by molar-refractivity contribution is 0.0516. The van der Waals surface area contributed by atoms with Crippen molar-refractivity contribution in [1.29, 1.82) is 0 Å². The summed E-state index contributed by atoms with van der Waals surface area (Å²) in [5, 5.41) is 2.80. The number of alkyl carbamates (subject to hydrolysis) is 1. The average Bonchev–Trinajstić information content (AvgIpc) is 2.97. The molecule has 2 atom stereocenters. The summed E-state index contributed by atoms with van der Waals surface area (Å²) in [4.78, 5) is 11.6. The van der Waals surface area contributed by atoms with Gasteiger partial charge < -0.3 is 14.8 Å². The lowest BCUT2D eigenvalue weighted by atomic mass is 10.2. The molecule has 0 spiro atoms. The zero-order valence-corrected chi connectivity index (χ0v) is 13.4. The quantitative estimate of drug-likeness (QED) is 0.825. The molecule has 0 radical (unpaired) electrons. The molecule has 1 amide bonds.